The Hall–Kier alpha value is -1.49. The second-order valence-corrected chi connectivity index (χ2v) is 6.69. The minimum absolute atomic E-state index is 0.0448. The first kappa shape index (κ1) is 18.6. The molecule has 0 aliphatic rings. The Morgan fingerprint density at radius 3 is 2.50 bits per heavy atom. The van der Waals surface area contributed by atoms with Crippen LogP contribution in [0.2, 0.25) is 0 Å². The van der Waals surface area contributed by atoms with E-state index in [0.717, 1.165) is 5.56 Å². The topological polar surface area (TPSA) is 63.6 Å². The molecular weight excluding hydrogens is 300 g/mol. The second kappa shape index (κ2) is 8.83. The predicted octanol–water partition coefficient (Wildman–Crippen LogP) is 3.35. The number of rotatable bonds is 9. The van der Waals surface area contributed by atoms with Crippen molar-refractivity contribution in [1.29, 1.82) is 0 Å². The smallest absolute Gasteiger partial charge is 0.306 e. The molecule has 0 radical (unpaired) electrons. The summed E-state index contributed by atoms with van der Waals surface area (Å²) in [5.74, 6) is -1.08. The van der Waals surface area contributed by atoms with Gasteiger partial charge < -0.3 is 9.84 Å². The molecule has 0 spiro atoms. The van der Waals surface area contributed by atoms with E-state index in [9.17, 15) is 9.59 Å². The van der Waals surface area contributed by atoms with Gasteiger partial charge in [0.25, 0.3) is 0 Å². The summed E-state index contributed by atoms with van der Waals surface area (Å²) in [4.78, 5) is 22.5. The number of aliphatic carboxylic acids is 1. The largest absolute Gasteiger partial charge is 0.481 e. The van der Waals surface area contributed by atoms with Gasteiger partial charge in [-0.25, -0.2) is 0 Å². The maximum atomic E-state index is 11.7. The van der Waals surface area contributed by atoms with Crippen LogP contribution >= 0.6 is 12.6 Å². The van der Waals surface area contributed by atoms with Crippen LogP contribution in [0.3, 0.4) is 0 Å². The van der Waals surface area contributed by atoms with Gasteiger partial charge in [0.15, 0.2) is 0 Å². The minimum atomic E-state index is -0.844. The van der Waals surface area contributed by atoms with Crippen LogP contribution in [-0.2, 0) is 20.7 Å². The normalized spacial score (nSPS) is 12.7. The van der Waals surface area contributed by atoms with Crippen molar-refractivity contribution in [3.8, 4) is 0 Å². The zero-order chi connectivity index (χ0) is 16.6. The lowest BCUT2D eigenvalue weighted by atomic mass is 9.84. The van der Waals surface area contributed by atoms with Gasteiger partial charge in [0.2, 0.25) is 0 Å². The molecule has 0 aromatic heterocycles. The molecule has 0 amide bonds. The standard InChI is InChI=1S/C17H24O4S/c1-17(2,12-15(18)19)14(22)10-11-21-16(20)9-8-13-6-4-3-5-7-13/h3-7,14,22H,8-12H2,1-2H3,(H,18,19). The molecule has 0 aliphatic carbocycles. The predicted molar refractivity (Wildman–Crippen MR) is 89.1 cm³/mol. The van der Waals surface area contributed by atoms with Gasteiger partial charge in [-0.1, -0.05) is 44.2 Å². The van der Waals surface area contributed by atoms with Crippen LogP contribution in [0.15, 0.2) is 30.3 Å². The average Bonchev–Trinajstić information content (AvgIpc) is 2.44. The molecule has 4 nitrogen and oxygen atoms in total. The van der Waals surface area contributed by atoms with E-state index in [2.05, 4.69) is 12.6 Å². The number of aryl methyl sites for hydroxylation is 1. The van der Waals surface area contributed by atoms with Crippen molar-refractivity contribution in [3.05, 3.63) is 35.9 Å². The molecule has 0 saturated heterocycles. The number of carboxylic acids is 1. The molecule has 1 N–H and O–H groups in total. The van der Waals surface area contributed by atoms with Crippen LogP contribution < -0.4 is 0 Å². The first-order valence-corrected chi connectivity index (χ1v) is 7.92. The maximum absolute atomic E-state index is 11.7. The van der Waals surface area contributed by atoms with Crippen molar-refractivity contribution in [2.45, 2.75) is 44.8 Å². The quantitative estimate of drug-likeness (QED) is 0.540. The van der Waals surface area contributed by atoms with Crippen LogP contribution in [0.5, 0.6) is 0 Å². The first-order valence-electron chi connectivity index (χ1n) is 7.40. The summed E-state index contributed by atoms with van der Waals surface area (Å²) in [5, 5.41) is 8.74. The summed E-state index contributed by atoms with van der Waals surface area (Å²) < 4.78 is 5.20. The summed E-state index contributed by atoms with van der Waals surface area (Å²) in [6.07, 6.45) is 1.60. The van der Waals surface area contributed by atoms with Crippen molar-refractivity contribution >= 4 is 24.6 Å². The van der Waals surface area contributed by atoms with E-state index < -0.39 is 11.4 Å². The molecular formula is C17H24O4S. The summed E-state index contributed by atoms with van der Waals surface area (Å²) in [6, 6.07) is 9.78. The molecule has 0 aliphatic heterocycles. The molecule has 1 rings (SSSR count). The van der Waals surface area contributed by atoms with Crippen molar-refractivity contribution in [2.75, 3.05) is 6.61 Å². The number of esters is 1. The van der Waals surface area contributed by atoms with Crippen LogP contribution in [0, 0.1) is 5.41 Å². The Bertz CT molecular complexity index is 485. The highest BCUT2D eigenvalue weighted by Gasteiger charge is 2.29. The van der Waals surface area contributed by atoms with Gasteiger partial charge in [0.1, 0.15) is 0 Å². The van der Waals surface area contributed by atoms with E-state index in [-0.39, 0.29) is 24.2 Å². The molecule has 1 unspecified atom stereocenters. The molecule has 1 atom stereocenters. The maximum Gasteiger partial charge on any atom is 0.306 e. The fourth-order valence-electron chi connectivity index (χ4n) is 2.15. The second-order valence-electron chi connectivity index (χ2n) is 6.07. The van der Waals surface area contributed by atoms with Crippen molar-refractivity contribution in [3.63, 3.8) is 0 Å². The first-order chi connectivity index (χ1) is 10.3. The lowest BCUT2D eigenvalue weighted by molar-refractivity contribution is -0.144. The molecule has 5 heteroatoms. The minimum Gasteiger partial charge on any atom is -0.481 e. The van der Waals surface area contributed by atoms with E-state index in [4.69, 9.17) is 9.84 Å². The molecule has 0 bridgehead atoms. The molecule has 1 aromatic carbocycles. The highest BCUT2D eigenvalue weighted by molar-refractivity contribution is 7.81. The number of thiol groups is 1. The van der Waals surface area contributed by atoms with Crippen LogP contribution in [0.4, 0.5) is 0 Å². The van der Waals surface area contributed by atoms with E-state index in [1.165, 1.54) is 0 Å². The van der Waals surface area contributed by atoms with Gasteiger partial charge in [-0.2, -0.15) is 12.6 Å². The third kappa shape index (κ3) is 6.98. The fraction of sp³-hybridized carbons (Fsp3) is 0.529. The Morgan fingerprint density at radius 1 is 1.27 bits per heavy atom. The molecule has 0 fully saturated rings. The van der Waals surface area contributed by atoms with Gasteiger partial charge in [-0.3, -0.25) is 9.59 Å². The van der Waals surface area contributed by atoms with Crippen molar-refractivity contribution < 1.29 is 19.4 Å². The third-order valence-electron chi connectivity index (χ3n) is 3.62. The van der Waals surface area contributed by atoms with Gasteiger partial charge in [-0.15, -0.1) is 0 Å². The summed E-state index contributed by atoms with van der Waals surface area (Å²) in [5.41, 5.74) is 0.667. The van der Waals surface area contributed by atoms with Crippen LogP contribution in [0.25, 0.3) is 0 Å². The van der Waals surface area contributed by atoms with Crippen LogP contribution in [0.1, 0.15) is 38.7 Å². The molecule has 122 valence electrons. The number of carboxylic acid groups (broad SMARTS) is 1. The number of ether oxygens (including phenoxy) is 1. The summed E-state index contributed by atoms with van der Waals surface area (Å²) in [6.45, 7) is 3.98. The van der Waals surface area contributed by atoms with E-state index >= 15 is 0 Å². The van der Waals surface area contributed by atoms with E-state index in [1.807, 2.05) is 44.2 Å². The summed E-state index contributed by atoms with van der Waals surface area (Å²) >= 11 is 4.44. The van der Waals surface area contributed by atoms with Gasteiger partial charge in [-0.05, 0) is 23.8 Å². The van der Waals surface area contributed by atoms with Crippen molar-refractivity contribution in [1.82, 2.24) is 0 Å². The Balaban J connectivity index is 2.25. The zero-order valence-electron chi connectivity index (χ0n) is 13.1. The highest BCUT2D eigenvalue weighted by Crippen LogP contribution is 2.31. The zero-order valence-corrected chi connectivity index (χ0v) is 14.0. The van der Waals surface area contributed by atoms with Gasteiger partial charge in [0.05, 0.1) is 13.0 Å². The van der Waals surface area contributed by atoms with E-state index in [0.29, 0.717) is 19.3 Å². The van der Waals surface area contributed by atoms with Gasteiger partial charge in [0, 0.05) is 11.7 Å². The molecule has 22 heavy (non-hydrogen) atoms. The molecule has 0 saturated carbocycles. The Labute approximate surface area is 137 Å². The number of benzene rings is 1. The number of carbonyl (C=O) groups is 2. The van der Waals surface area contributed by atoms with Gasteiger partial charge >= 0.3 is 11.9 Å². The number of hydrogen-bond acceptors (Lipinski definition) is 4. The fourth-order valence-corrected chi connectivity index (χ4v) is 2.34. The highest BCUT2D eigenvalue weighted by atomic mass is 32.1. The Morgan fingerprint density at radius 2 is 1.91 bits per heavy atom. The summed E-state index contributed by atoms with van der Waals surface area (Å²) in [7, 11) is 0. The lowest BCUT2D eigenvalue weighted by Crippen LogP contribution is -2.29. The number of hydrogen-bond donors (Lipinski definition) is 2. The van der Waals surface area contributed by atoms with Crippen molar-refractivity contribution in [2.24, 2.45) is 5.41 Å². The average molecular weight is 324 g/mol. The van der Waals surface area contributed by atoms with E-state index in [1.54, 1.807) is 0 Å². The molecule has 1 aromatic rings. The third-order valence-corrected chi connectivity index (χ3v) is 4.58. The van der Waals surface area contributed by atoms with Crippen LogP contribution in [-0.4, -0.2) is 28.9 Å². The Kier molecular flexibility index (Phi) is 7.45. The SMILES string of the molecule is CC(C)(CC(=O)O)C(S)CCOC(=O)CCc1ccccc1. The lowest BCUT2D eigenvalue weighted by Gasteiger charge is -2.29. The number of carbonyl (C=O) groups excluding carboxylic acids is 1. The monoisotopic (exact) mass is 324 g/mol. The molecule has 0 heterocycles.